The predicted octanol–water partition coefficient (Wildman–Crippen LogP) is 1.08. The number of hydrogen-bond donors (Lipinski definition) is 1. The number of rotatable bonds is 2. The Morgan fingerprint density at radius 3 is 2.62 bits per heavy atom. The zero-order valence-corrected chi connectivity index (χ0v) is 7.53. The van der Waals surface area contributed by atoms with Crippen molar-refractivity contribution in [3.8, 4) is 6.19 Å². The highest BCUT2D eigenvalue weighted by Crippen LogP contribution is 2.22. The van der Waals surface area contributed by atoms with Gasteiger partial charge in [0, 0.05) is 6.07 Å². The van der Waals surface area contributed by atoms with Crippen LogP contribution in [-0.4, -0.2) is 10.8 Å². The van der Waals surface area contributed by atoms with E-state index in [0.717, 1.165) is 0 Å². The monoisotopic (exact) mass is 227 g/mol. The minimum absolute atomic E-state index is 0.577. The maximum absolute atomic E-state index is 13.3. The molecular formula is C8H3F2N3O3. The van der Waals surface area contributed by atoms with E-state index in [4.69, 9.17) is 5.26 Å². The predicted molar refractivity (Wildman–Crippen MR) is 46.1 cm³/mol. The van der Waals surface area contributed by atoms with Gasteiger partial charge in [0.15, 0.2) is 6.19 Å². The highest BCUT2D eigenvalue weighted by atomic mass is 19.1. The Balaban J connectivity index is 3.38. The summed E-state index contributed by atoms with van der Waals surface area (Å²) in [6.07, 6.45) is 1.17. The second-order valence-electron chi connectivity index (χ2n) is 2.58. The molecule has 1 N–H and O–H groups in total. The summed E-state index contributed by atoms with van der Waals surface area (Å²) in [5.41, 5.74) is -2.19. The molecule has 1 rings (SSSR count). The highest BCUT2D eigenvalue weighted by Gasteiger charge is 2.25. The summed E-state index contributed by atoms with van der Waals surface area (Å²) >= 11 is 0. The van der Waals surface area contributed by atoms with Gasteiger partial charge in [-0.05, 0) is 6.07 Å². The van der Waals surface area contributed by atoms with E-state index < -0.39 is 33.7 Å². The lowest BCUT2D eigenvalue weighted by atomic mass is 10.1. The number of amides is 1. The topological polar surface area (TPSA) is 96.0 Å². The van der Waals surface area contributed by atoms with Crippen molar-refractivity contribution >= 4 is 11.6 Å². The second kappa shape index (κ2) is 4.31. The fourth-order valence-electron chi connectivity index (χ4n) is 1.00. The van der Waals surface area contributed by atoms with E-state index in [2.05, 4.69) is 0 Å². The van der Waals surface area contributed by atoms with E-state index >= 15 is 0 Å². The molecule has 0 aliphatic carbocycles. The first-order chi connectivity index (χ1) is 7.49. The molecule has 0 saturated heterocycles. The van der Waals surface area contributed by atoms with Crippen LogP contribution in [0.25, 0.3) is 0 Å². The molecule has 0 heterocycles. The summed E-state index contributed by atoms with van der Waals surface area (Å²) in [5, 5.41) is 19.9. The van der Waals surface area contributed by atoms with Crippen molar-refractivity contribution in [3.05, 3.63) is 39.4 Å². The van der Waals surface area contributed by atoms with Crippen LogP contribution in [0.3, 0.4) is 0 Å². The van der Waals surface area contributed by atoms with Crippen LogP contribution in [0.5, 0.6) is 0 Å². The number of carbonyl (C=O) groups is 1. The number of halogens is 2. The molecule has 1 aromatic rings. The van der Waals surface area contributed by atoms with Crippen molar-refractivity contribution in [3.63, 3.8) is 0 Å². The Labute approximate surface area is 87.2 Å². The van der Waals surface area contributed by atoms with Crippen LogP contribution in [-0.2, 0) is 0 Å². The average Bonchev–Trinajstić information content (AvgIpc) is 2.17. The Bertz CT molecular complexity index is 510. The number of nitriles is 1. The van der Waals surface area contributed by atoms with E-state index in [9.17, 15) is 23.7 Å². The Hall–Kier alpha value is -2.56. The SMILES string of the molecule is N#CNC(=O)c1c(F)ccc([N+](=O)[O-])c1F. The first-order valence-electron chi connectivity index (χ1n) is 3.81. The number of nitrogens with zero attached hydrogens (tertiary/aromatic N) is 2. The maximum Gasteiger partial charge on any atom is 0.305 e. The third kappa shape index (κ3) is 1.93. The molecule has 16 heavy (non-hydrogen) atoms. The number of carbonyl (C=O) groups excluding carboxylic acids is 1. The van der Waals surface area contributed by atoms with Crippen LogP contribution in [0.15, 0.2) is 12.1 Å². The van der Waals surface area contributed by atoms with Crippen LogP contribution in [0.1, 0.15) is 10.4 Å². The number of benzene rings is 1. The summed E-state index contributed by atoms with van der Waals surface area (Å²) in [6.45, 7) is 0. The van der Waals surface area contributed by atoms with Crippen LogP contribution >= 0.6 is 0 Å². The molecule has 8 heteroatoms. The van der Waals surface area contributed by atoms with Gasteiger partial charge in [-0.3, -0.25) is 20.2 Å². The van der Waals surface area contributed by atoms with E-state index in [0.29, 0.717) is 12.1 Å². The van der Waals surface area contributed by atoms with Crippen LogP contribution < -0.4 is 5.32 Å². The molecule has 0 atom stereocenters. The average molecular weight is 227 g/mol. The minimum Gasteiger partial charge on any atom is -0.268 e. The molecule has 0 bridgehead atoms. The fraction of sp³-hybridized carbons (Fsp3) is 0. The molecule has 6 nitrogen and oxygen atoms in total. The standard InChI is InChI=1S/C8H3F2N3O3/c9-4-1-2-5(13(15)16)7(10)6(4)8(14)12-3-11/h1-2H,(H,12,14). The fourth-order valence-corrected chi connectivity index (χ4v) is 1.00. The number of nitro benzene ring substituents is 1. The molecule has 0 spiro atoms. The highest BCUT2D eigenvalue weighted by molar-refractivity contribution is 5.96. The van der Waals surface area contributed by atoms with Crippen molar-refractivity contribution in [2.75, 3.05) is 0 Å². The molecule has 0 aliphatic rings. The maximum atomic E-state index is 13.3. The van der Waals surface area contributed by atoms with Crippen molar-refractivity contribution in [1.82, 2.24) is 5.32 Å². The Morgan fingerprint density at radius 2 is 2.12 bits per heavy atom. The van der Waals surface area contributed by atoms with Gasteiger partial charge >= 0.3 is 5.69 Å². The van der Waals surface area contributed by atoms with Crippen LogP contribution in [0.2, 0.25) is 0 Å². The van der Waals surface area contributed by atoms with Gasteiger partial charge < -0.3 is 0 Å². The van der Waals surface area contributed by atoms with E-state index in [1.807, 2.05) is 0 Å². The molecular weight excluding hydrogens is 224 g/mol. The van der Waals surface area contributed by atoms with E-state index in [1.165, 1.54) is 11.5 Å². The largest absolute Gasteiger partial charge is 0.305 e. The van der Waals surface area contributed by atoms with Gasteiger partial charge in [-0.15, -0.1) is 0 Å². The van der Waals surface area contributed by atoms with Gasteiger partial charge in [-0.25, -0.2) is 4.39 Å². The molecule has 0 fully saturated rings. The quantitative estimate of drug-likeness (QED) is 0.354. The van der Waals surface area contributed by atoms with Gasteiger partial charge in [0.05, 0.1) is 4.92 Å². The van der Waals surface area contributed by atoms with Gasteiger partial charge in [-0.1, -0.05) is 0 Å². The summed E-state index contributed by atoms with van der Waals surface area (Å²) < 4.78 is 26.3. The van der Waals surface area contributed by atoms with Gasteiger partial charge in [0.25, 0.3) is 5.91 Å². The molecule has 0 aromatic heterocycles. The third-order valence-electron chi connectivity index (χ3n) is 1.66. The second-order valence-corrected chi connectivity index (χ2v) is 2.58. The minimum atomic E-state index is -1.61. The van der Waals surface area contributed by atoms with Crippen molar-refractivity contribution in [2.45, 2.75) is 0 Å². The van der Waals surface area contributed by atoms with Crippen molar-refractivity contribution in [2.24, 2.45) is 0 Å². The molecule has 0 saturated carbocycles. The lowest BCUT2D eigenvalue weighted by molar-refractivity contribution is -0.387. The van der Waals surface area contributed by atoms with Gasteiger partial charge in [-0.2, -0.15) is 9.65 Å². The Morgan fingerprint density at radius 1 is 1.50 bits per heavy atom. The summed E-state index contributed by atoms with van der Waals surface area (Å²) in [7, 11) is 0. The first-order valence-corrected chi connectivity index (χ1v) is 3.81. The van der Waals surface area contributed by atoms with Gasteiger partial charge in [0.1, 0.15) is 11.4 Å². The van der Waals surface area contributed by atoms with E-state index in [1.54, 1.807) is 0 Å². The number of nitro groups is 1. The van der Waals surface area contributed by atoms with Crippen molar-refractivity contribution in [1.29, 1.82) is 5.26 Å². The van der Waals surface area contributed by atoms with Crippen molar-refractivity contribution < 1.29 is 18.5 Å². The molecule has 0 unspecified atom stereocenters. The zero-order chi connectivity index (χ0) is 12.3. The summed E-state index contributed by atoms with van der Waals surface area (Å²) in [4.78, 5) is 20.2. The molecule has 1 aromatic carbocycles. The molecule has 0 radical (unpaired) electrons. The van der Waals surface area contributed by atoms with Crippen LogP contribution in [0, 0.1) is 33.2 Å². The Kier molecular flexibility index (Phi) is 3.10. The lowest BCUT2D eigenvalue weighted by Gasteiger charge is -2.02. The summed E-state index contributed by atoms with van der Waals surface area (Å²) in [6, 6.07) is 1.17. The normalized spacial score (nSPS) is 9.31. The van der Waals surface area contributed by atoms with Gasteiger partial charge in [0.2, 0.25) is 5.82 Å². The number of hydrogen-bond acceptors (Lipinski definition) is 4. The molecule has 0 aliphatic heterocycles. The van der Waals surface area contributed by atoms with E-state index in [-0.39, 0.29) is 0 Å². The molecule has 82 valence electrons. The smallest absolute Gasteiger partial charge is 0.268 e. The van der Waals surface area contributed by atoms with Crippen LogP contribution in [0.4, 0.5) is 14.5 Å². The third-order valence-corrected chi connectivity index (χ3v) is 1.66. The molecule has 1 amide bonds. The summed E-state index contributed by atoms with van der Waals surface area (Å²) in [5.74, 6) is -4.27. The first kappa shape index (κ1) is 11.5. The number of nitrogens with one attached hydrogen (secondary N) is 1. The zero-order valence-electron chi connectivity index (χ0n) is 7.53. The lowest BCUT2D eigenvalue weighted by Crippen LogP contribution is -2.21.